The fraction of sp³-hybridized carbons (Fsp3) is 0.385. The Bertz CT molecular complexity index is 994. The van der Waals surface area contributed by atoms with Gasteiger partial charge < -0.3 is 19.5 Å². The second-order valence-corrected chi connectivity index (χ2v) is 8.33. The fourth-order valence-electron chi connectivity index (χ4n) is 3.50. The lowest BCUT2D eigenvalue weighted by molar-refractivity contribution is -0.137. The molecule has 0 aromatic heterocycles. The van der Waals surface area contributed by atoms with Gasteiger partial charge in [-0.2, -0.15) is 0 Å². The molecule has 1 aliphatic rings. The van der Waals surface area contributed by atoms with Crippen LogP contribution >= 0.6 is 0 Å². The molecule has 0 unspecified atom stereocenters. The Morgan fingerprint density at radius 2 is 1.48 bits per heavy atom. The average Bonchev–Trinajstić information content (AvgIpc) is 3.01. The number of nitrogens with zero attached hydrogens (tertiary/aromatic N) is 1. The first-order valence-electron chi connectivity index (χ1n) is 11.2. The van der Waals surface area contributed by atoms with Crippen LogP contribution in [0.15, 0.2) is 54.2 Å². The van der Waals surface area contributed by atoms with E-state index in [1.54, 1.807) is 31.4 Å². The van der Waals surface area contributed by atoms with Crippen molar-refractivity contribution in [2.45, 2.75) is 46.3 Å². The van der Waals surface area contributed by atoms with Crippen LogP contribution in [0.1, 0.15) is 39.7 Å². The molecule has 0 saturated carbocycles. The maximum absolute atomic E-state index is 13.3. The van der Waals surface area contributed by atoms with E-state index in [1.165, 1.54) is 4.90 Å². The number of benzene rings is 2. The number of imide groups is 1. The van der Waals surface area contributed by atoms with Crippen LogP contribution in [-0.4, -0.2) is 49.2 Å². The summed E-state index contributed by atoms with van der Waals surface area (Å²) in [5.74, 6) is 0.740. The highest BCUT2D eigenvalue weighted by molar-refractivity contribution is 6.36. The molecule has 0 atom stereocenters. The van der Waals surface area contributed by atoms with Gasteiger partial charge in [0.1, 0.15) is 17.2 Å². The van der Waals surface area contributed by atoms with Gasteiger partial charge in [0.2, 0.25) is 0 Å². The number of hydrogen-bond donors (Lipinski definition) is 1. The van der Waals surface area contributed by atoms with Crippen LogP contribution in [0.2, 0.25) is 0 Å². The van der Waals surface area contributed by atoms with Crippen molar-refractivity contribution < 1.29 is 23.8 Å². The smallest absolute Gasteiger partial charge is 0.278 e. The molecule has 0 radical (unpaired) electrons. The van der Waals surface area contributed by atoms with Gasteiger partial charge in [-0.1, -0.05) is 12.1 Å². The molecule has 0 aliphatic carbocycles. The number of carbonyl (C=O) groups is 2. The lowest BCUT2D eigenvalue weighted by Gasteiger charge is -2.16. The van der Waals surface area contributed by atoms with Gasteiger partial charge in [-0.05, 0) is 76.1 Å². The van der Waals surface area contributed by atoms with Crippen molar-refractivity contribution in [2.24, 2.45) is 0 Å². The van der Waals surface area contributed by atoms with Gasteiger partial charge in [0.25, 0.3) is 11.8 Å². The maximum atomic E-state index is 13.3. The van der Waals surface area contributed by atoms with Gasteiger partial charge in [-0.3, -0.25) is 14.5 Å². The van der Waals surface area contributed by atoms with E-state index in [0.717, 1.165) is 5.75 Å². The summed E-state index contributed by atoms with van der Waals surface area (Å²) >= 11 is 0. The highest BCUT2D eigenvalue weighted by atomic mass is 16.5. The first kappa shape index (κ1) is 24.3. The number of ether oxygens (including phenoxy) is 3. The summed E-state index contributed by atoms with van der Waals surface area (Å²) in [5.41, 5.74) is 1.94. The molecule has 2 aromatic carbocycles. The quantitative estimate of drug-likeness (QED) is 0.400. The van der Waals surface area contributed by atoms with E-state index in [4.69, 9.17) is 14.2 Å². The van der Waals surface area contributed by atoms with Crippen LogP contribution in [0.25, 0.3) is 5.57 Å². The molecule has 2 amide bonds. The van der Waals surface area contributed by atoms with Gasteiger partial charge in [0.15, 0.2) is 0 Å². The van der Waals surface area contributed by atoms with Crippen molar-refractivity contribution in [3.05, 3.63) is 59.8 Å². The van der Waals surface area contributed by atoms with Crippen molar-refractivity contribution in [1.29, 1.82) is 0 Å². The molecule has 1 N–H and O–H groups in total. The number of amides is 2. The monoisotopic (exact) mass is 452 g/mol. The molecule has 176 valence electrons. The van der Waals surface area contributed by atoms with Crippen LogP contribution in [0.3, 0.4) is 0 Å². The molecule has 1 aliphatic heterocycles. The summed E-state index contributed by atoms with van der Waals surface area (Å²) in [6.07, 6.45) is 0.735. The molecule has 0 saturated heterocycles. The SMILES string of the molecule is COc1ccc(C2=C(Nc3ccc(OC(C)C)cc3)C(=O)N(CCCOC(C)C)C2=O)cc1. The molecule has 7 nitrogen and oxygen atoms in total. The fourth-order valence-corrected chi connectivity index (χ4v) is 3.50. The van der Waals surface area contributed by atoms with E-state index in [2.05, 4.69) is 5.32 Å². The van der Waals surface area contributed by atoms with Gasteiger partial charge in [0.05, 0.1) is 24.9 Å². The van der Waals surface area contributed by atoms with Gasteiger partial charge in [0, 0.05) is 18.8 Å². The number of rotatable bonds is 11. The van der Waals surface area contributed by atoms with Crippen molar-refractivity contribution in [3.8, 4) is 11.5 Å². The van der Waals surface area contributed by atoms with E-state index >= 15 is 0 Å². The normalized spacial score (nSPS) is 14.0. The molecular formula is C26H32N2O5. The zero-order valence-corrected chi connectivity index (χ0v) is 19.9. The summed E-state index contributed by atoms with van der Waals surface area (Å²) in [6.45, 7) is 8.59. The summed E-state index contributed by atoms with van der Waals surface area (Å²) in [7, 11) is 1.58. The van der Waals surface area contributed by atoms with Crippen LogP contribution in [0.5, 0.6) is 11.5 Å². The minimum absolute atomic E-state index is 0.0652. The summed E-state index contributed by atoms with van der Waals surface area (Å²) < 4.78 is 16.5. The third kappa shape index (κ3) is 6.14. The third-order valence-corrected chi connectivity index (χ3v) is 5.02. The van der Waals surface area contributed by atoms with Crippen LogP contribution in [-0.2, 0) is 14.3 Å². The standard InChI is InChI=1S/C26H32N2O5/c1-17(2)32-16-6-15-28-25(29)23(19-7-11-21(31-5)12-8-19)24(26(28)30)27-20-9-13-22(14-10-20)33-18(3)4/h7-14,17-18,27H,6,15-16H2,1-5H3. The van der Waals surface area contributed by atoms with Crippen LogP contribution in [0, 0.1) is 0 Å². The molecule has 33 heavy (non-hydrogen) atoms. The number of nitrogens with one attached hydrogen (secondary N) is 1. The van der Waals surface area contributed by atoms with E-state index < -0.39 is 0 Å². The van der Waals surface area contributed by atoms with E-state index in [9.17, 15) is 9.59 Å². The van der Waals surface area contributed by atoms with Gasteiger partial charge in [-0.15, -0.1) is 0 Å². The molecule has 2 aromatic rings. The summed E-state index contributed by atoms with van der Waals surface area (Å²) in [6, 6.07) is 14.4. The molecule has 1 heterocycles. The average molecular weight is 453 g/mol. The van der Waals surface area contributed by atoms with Gasteiger partial charge >= 0.3 is 0 Å². The molecule has 0 fully saturated rings. The van der Waals surface area contributed by atoms with E-state index in [0.29, 0.717) is 35.6 Å². The zero-order valence-electron chi connectivity index (χ0n) is 19.9. The molecule has 0 spiro atoms. The molecule has 0 bridgehead atoms. The minimum atomic E-state index is -0.349. The third-order valence-electron chi connectivity index (χ3n) is 5.02. The number of hydrogen-bond acceptors (Lipinski definition) is 6. The Hall–Kier alpha value is -3.32. The Morgan fingerprint density at radius 1 is 0.848 bits per heavy atom. The largest absolute Gasteiger partial charge is 0.497 e. The first-order valence-corrected chi connectivity index (χ1v) is 11.2. The van der Waals surface area contributed by atoms with Crippen molar-refractivity contribution in [2.75, 3.05) is 25.6 Å². The maximum Gasteiger partial charge on any atom is 0.278 e. The highest BCUT2D eigenvalue weighted by Crippen LogP contribution is 2.32. The number of carbonyl (C=O) groups excluding carboxylic acids is 2. The summed E-state index contributed by atoms with van der Waals surface area (Å²) in [5, 5.41) is 3.17. The second-order valence-electron chi connectivity index (χ2n) is 8.33. The lowest BCUT2D eigenvalue weighted by Crippen LogP contribution is -2.34. The highest BCUT2D eigenvalue weighted by Gasteiger charge is 2.38. The molecular weight excluding hydrogens is 420 g/mol. The predicted molar refractivity (Wildman–Crippen MR) is 128 cm³/mol. The number of methoxy groups -OCH3 is 1. The Morgan fingerprint density at radius 3 is 2.06 bits per heavy atom. The van der Waals surface area contributed by atoms with E-state index in [1.807, 2.05) is 52.0 Å². The van der Waals surface area contributed by atoms with Crippen molar-refractivity contribution >= 4 is 23.1 Å². The van der Waals surface area contributed by atoms with Gasteiger partial charge in [-0.25, -0.2) is 0 Å². The van der Waals surface area contributed by atoms with Crippen molar-refractivity contribution in [1.82, 2.24) is 4.90 Å². The number of anilines is 1. The zero-order chi connectivity index (χ0) is 24.0. The van der Waals surface area contributed by atoms with Crippen LogP contribution in [0.4, 0.5) is 5.69 Å². The Labute approximate surface area is 195 Å². The Kier molecular flexibility index (Phi) is 8.11. The minimum Gasteiger partial charge on any atom is -0.497 e. The first-order chi connectivity index (χ1) is 15.8. The Balaban J connectivity index is 1.87. The summed E-state index contributed by atoms with van der Waals surface area (Å²) in [4.78, 5) is 27.8. The predicted octanol–water partition coefficient (Wildman–Crippen LogP) is 4.49. The molecule has 7 heteroatoms. The van der Waals surface area contributed by atoms with Crippen molar-refractivity contribution in [3.63, 3.8) is 0 Å². The van der Waals surface area contributed by atoms with Crippen LogP contribution < -0.4 is 14.8 Å². The lowest BCUT2D eigenvalue weighted by atomic mass is 10.0. The second kappa shape index (κ2) is 11.0. The topological polar surface area (TPSA) is 77.1 Å². The van der Waals surface area contributed by atoms with E-state index in [-0.39, 0.29) is 36.3 Å². The molecule has 3 rings (SSSR count).